The van der Waals surface area contributed by atoms with E-state index in [1.165, 1.54) is 0 Å². The highest BCUT2D eigenvalue weighted by molar-refractivity contribution is 7.91. The van der Waals surface area contributed by atoms with Gasteiger partial charge in [-0.1, -0.05) is 35.5 Å². The van der Waals surface area contributed by atoms with Gasteiger partial charge in [-0.25, -0.2) is 13.1 Å². The molecule has 0 spiro atoms. The summed E-state index contributed by atoms with van der Waals surface area (Å²) in [4.78, 5) is 4.22. The molecule has 0 aliphatic heterocycles. The van der Waals surface area contributed by atoms with Crippen LogP contribution in [0.4, 0.5) is 0 Å². The molecule has 0 atom stereocenters. The molecular formula is C14H13N3O3S2. The second kappa shape index (κ2) is 5.99. The third-order valence-corrected chi connectivity index (χ3v) is 5.83. The fourth-order valence-electron chi connectivity index (χ4n) is 1.90. The van der Waals surface area contributed by atoms with E-state index >= 15 is 0 Å². The van der Waals surface area contributed by atoms with Crippen LogP contribution in [0.2, 0.25) is 0 Å². The molecule has 1 aromatic carbocycles. The molecule has 0 aliphatic rings. The minimum absolute atomic E-state index is 0.0425. The van der Waals surface area contributed by atoms with Gasteiger partial charge in [-0.3, -0.25) is 0 Å². The van der Waals surface area contributed by atoms with E-state index in [1.54, 1.807) is 17.5 Å². The summed E-state index contributed by atoms with van der Waals surface area (Å²) >= 11 is 1.15. The molecule has 3 aromatic rings. The lowest BCUT2D eigenvalue weighted by atomic mass is 10.1. The van der Waals surface area contributed by atoms with Crippen LogP contribution in [0.15, 0.2) is 50.5 Å². The van der Waals surface area contributed by atoms with Crippen LogP contribution < -0.4 is 4.72 Å². The van der Waals surface area contributed by atoms with Crippen molar-refractivity contribution in [2.45, 2.75) is 17.7 Å². The van der Waals surface area contributed by atoms with Crippen LogP contribution in [0.1, 0.15) is 11.5 Å². The number of thiophene rings is 1. The molecule has 8 heteroatoms. The van der Waals surface area contributed by atoms with Gasteiger partial charge in [0.1, 0.15) is 4.21 Å². The molecule has 0 fully saturated rings. The van der Waals surface area contributed by atoms with Gasteiger partial charge >= 0.3 is 0 Å². The number of aryl methyl sites for hydroxylation is 1. The molecule has 0 unspecified atom stereocenters. The van der Waals surface area contributed by atoms with Crippen LogP contribution in [-0.2, 0) is 16.6 Å². The van der Waals surface area contributed by atoms with Crippen molar-refractivity contribution >= 4 is 21.4 Å². The van der Waals surface area contributed by atoms with E-state index in [2.05, 4.69) is 14.9 Å². The Morgan fingerprint density at radius 1 is 1.23 bits per heavy atom. The molecule has 2 aromatic heterocycles. The zero-order chi connectivity index (χ0) is 15.6. The highest BCUT2D eigenvalue weighted by Crippen LogP contribution is 2.20. The van der Waals surface area contributed by atoms with Crippen molar-refractivity contribution in [1.29, 1.82) is 0 Å². The first-order valence-corrected chi connectivity index (χ1v) is 8.84. The summed E-state index contributed by atoms with van der Waals surface area (Å²) in [6, 6.07) is 10.9. The van der Waals surface area contributed by atoms with Gasteiger partial charge in [0.25, 0.3) is 10.0 Å². The molecule has 0 radical (unpaired) electrons. The Bertz CT molecular complexity index is 870. The quantitative estimate of drug-likeness (QED) is 0.774. The predicted molar refractivity (Wildman–Crippen MR) is 82.8 cm³/mol. The van der Waals surface area contributed by atoms with Crippen LogP contribution in [0, 0.1) is 6.92 Å². The van der Waals surface area contributed by atoms with Gasteiger partial charge in [-0.2, -0.15) is 4.98 Å². The van der Waals surface area contributed by atoms with Crippen molar-refractivity contribution in [2.75, 3.05) is 0 Å². The number of hydrogen-bond donors (Lipinski definition) is 1. The maximum Gasteiger partial charge on any atom is 0.250 e. The first-order chi connectivity index (χ1) is 10.6. The summed E-state index contributed by atoms with van der Waals surface area (Å²) in [5.41, 5.74) is 1.88. The second-order valence-corrected chi connectivity index (χ2v) is 7.52. The minimum Gasteiger partial charge on any atom is -0.338 e. The van der Waals surface area contributed by atoms with E-state index in [0.29, 0.717) is 5.82 Å². The Morgan fingerprint density at radius 3 is 2.77 bits per heavy atom. The highest BCUT2D eigenvalue weighted by atomic mass is 32.2. The molecular weight excluding hydrogens is 322 g/mol. The molecule has 0 amide bonds. The lowest BCUT2D eigenvalue weighted by Crippen LogP contribution is -2.22. The van der Waals surface area contributed by atoms with Crippen LogP contribution in [0.3, 0.4) is 0 Å². The molecule has 22 heavy (non-hydrogen) atoms. The largest absolute Gasteiger partial charge is 0.338 e. The zero-order valence-electron chi connectivity index (χ0n) is 11.7. The first kappa shape index (κ1) is 14.9. The summed E-state index contributed by atoms with van der Waals surface area (Å²) in [5, 5.41) is 5.60. The fraction of sp³-hybridized carbons (Fsp3) is 0.143. The molecule has 0 saturated heterocycles. The van der Waals surface area contributed by atoms with Gasteiger partial charge in [-0.15, -0.1) is 11.3 Å². The third kappa shape index (κ3) is 3.08. The van der Waals surface area contributed by atoms with E-state index in [4.69, 9.17) is 4.52 Å². The number of nitrogens with zero attached hydrogens (tertiary/aromatic N) is 2. The van der Waals surface area contributed by atoms with Gasteiger partial charge in [0.15, 0.2) is 0 Å². The predicted octanol–water partition coefficient (Wildman–Crippen LogP) is 2.59. The maximum absolute atomic E-state index is 12.0. The average Bonchev–Trinajstić information content (AvgIpc) is 3.18. The van der Waals surface area contributed by atoms with E-state index in [-0.39, 0.29) is 16.6 Å². The average molecular weight is 335 g/mol. The fourth-order valence-corrected chi connectivity index (χ4v) is 3.92. The Balaban J connectivity index is 1.74. The normalized spacial score (nSPS) is 11.7. The van der Waals surface area contributed by atoms with Crippen LogP contribution in [-0.4, -0.2) is 18.6 Å². The van der Waals surface area contributed by atoms with E-state index in [0.717, 1.165) is 22.5 Å². The number of nitrogens with one attached hydrogen (secondary N) is 1. The molecule has 0 saturated carbocycles. The minimum atomic E-state index is -3.54. The monoisotopic (exact) mass is 335 g/mol. The highest BCUT2D eigenvalue weighted by Gasteiger charge is 2.17. The molecule has 2 heterocycles. The molecule has 114 valence electrons. The Kier molecular flexibility index (Phi) is 4.06. The number of hydrogen-bond acceptors (Lipinski definition) is 6. The maximum atomic E-state index is 12.0. The second-order valence-electron chi connectivity index (χ2n) is 4.58. The zero-order valence-corrected chi connectivity index (χ0v) is 13.3. The molecule has 0 bridgehead atoms. The smallest absolute Gasteiger partial charge is 0.250 e. The summed E-state index contributed by atoms with van der Waals surface area (Å²) in [5.74, 6) is 0.668. The third-order valence-electron chi connectivity index (χ3n) is 3.03. The summed E-state index contributed by atoms with van der Waals surface area (Å²) in [6.07, 6.45) is 0. The topological polar surface area (TPSA) is 85.1 Å². The SMILES string of the molecule is Cc1ccccc1-c1noc(CNS(=O)(=O)c2cccs2)n1. The van der Waals surface area contributed by atoms with Gasteiger partial charge in [0.2, 0.25) is 11.7 Å². The van der Waals surface area contributed by atoms with Gasteiger partial charge in [-0.05, 0) is 23.9 Å². The Hall–Kier alpha value is -2.03. The van der Waals surface area contributed by atoms with E-state index in [9.17, 15) is 8.42 Å². The summed E-state index contributed by atoms with van der Waals surface area (Å²) < 4.78 is 31.8. The van der Waals surface area contributed by atoms with Crippen molar-refractivity contribution in [1.82, 2.24) is 14.9 Å². The Labute approximate surface area is 131 Å². The van der Waals surface area contributed by atoms with E-state index in [1.807, 2.05) is 31.2 Å². The van der Waals surface area contributed by atoms with Gasteiger partial charge in [0.05, 0.1) is 6.54 Å². The van der Waals surface area contributed by atoms with Crippen LogP contribution in [0.25, 0.3) is 11.4 Å². The van der Waals surface area contributed by atoms with Crippen molar-refractivity contribution in [3.63, 3.8) is 0 Å². The van der Waals surface area contributed by atoms with Crippen molar-refractivity contribution in [2.24, 2.45) is 0 Å². The lowest BCUT2D eigenvalue weighted by Gasteiger charge is -2.00. The van der Waals surface area contributed by atoms with Crippen molar-refractivity contribution in [3.8, 4) is 11.4 Å². The number of rotatable bonds is 5. The lowest BCUT2D eigenvalue weighted by molar-refractivity contribution is 0.376. The van der Waals surface area contributed by atoms with E-state index < -0.39 is 10.0 Å². The molecule has 6 nitrogen and oxygen atoms in total. The number of aromatic nitrogens is 2. The van der Waals surface area contributed by atoms with Crippen LogP contribution >= 0.6 is 11.3 Å². The standard InChI is InChI=1S/C14H13N3O3S2/c1-10-5-2-3-6-11(10)14-16-12(20-17-14)9-15-22(18,19)13-7-4-8-21-13/h2-8,15H,9H2,1H3. The van der Waals surface area contributed by atoms with Gasteiger partial charge in [0, 0.05) is 5.56 Å². The first-order valence-electron chi connectivity index (χ1n) is 6.48. The summed E-state index contributed by atoms with van der Waals surface area (Å²) in [6.45, 7) is 1.91. The number of benzene rings is 1. The molecule has 1 N–H and O–H groups in total. The summed E-state index contributed by atoms with van der Waals surface area (Å²) in [7, 11) is -3.54. The number of sulfonamides is 1. The molecule has 0 aliphatic carbocycles. The Morgan fingerprint density at radius 2 is 2.05 bits per heavy atom. The van der Waals surface area contributed by atoms with Crippen LogP contribution in [0.5, 0.6) is 0 Å². The van der Waals surface area contributed by atoms with Crippen molar-refractivity contribution < 1.29 is 12.9 Å². The van der Waals surface area contributed by atoms with Crippen molar-refractivity contribution in [3.05, 3.63) is 53.2 Å². The van der Waals surface area contributed by atoms with Gasteiger partial charge < -0.3 is 4.52 Å². The molecule has 3 rings (SSSR count).